The van der Waals surface area contributed by atoms with Crippen LogP contribution in [0.1, 0.15) is 25.8 Å². The lowest BCUT2D eigenvalue weighted by Gasteiger charge is -2.11. The number of carbonyl (C=O) groups is 1. The normalized spacial score (nSPS) is 14.0. The van der Waals surface area contributed by atoms with Crippen molar-refractivity contribution >= 4 is 36.3 Å². The highest BCUT2D eigenvalue weighted by Crippen LogP contribution is 2.25. The van der Waals surface area contributed by atoms with Crippen molar-refractivity contribution in [2.24, 2.45) is 14.9 Å². The first-order valence-electron chi connectivity index (χ1n) is 7.80. The van der Waals surface area contributed by atoms with Gasteiger partial charge >= 0.3 is 0 Å². The average Bonchev–Trinajstić information content (AvgIpc) is 2.55. The lowest BCUT2D eigenvalue weighted by Crippen LogP contribution is -2.21. The van der Waals surface area contributed by atoms with E-state index in [2.05, 4.69) is 22.4 Å². The van der Waals surface area contributed by atoms with Gasteiger partial charge in [-0.2, -0.15) is 3.21 Å². The molecule has 2 rings (SSSR count). The molecule has 5 nitrogen and oxygen atoms in total. The van der Waals surface area contributed by atoms with Crippen LogP contribution in [-0.2, 0) is 11.3 Å². The highest BCUT2D eigenvalue weighted by Gasteiger charge is 2.16. The fraction of sp³-hybridized carbons (Fsp3) is 0.353. The number of nitrogens with two attached hydrogens (primary N) is 1. The molecule has 8 heteroatoms. The highest BCUT2D eigenvalue weighted by atomic mass is 127. The molecule has 0 atom stereocenters. The molecule has 0 aliphatic carbocycles. The van der Waals surface area contributed by atoms with Crippen LogP contribution >= 0.6 is 21.0 Å². The van der Waals surface area contributed by atoms with Gasteiger partial charge in [0.1, 0.15) is 0 Å². The predicted octanol–water partition coefficient (Wildman–Crippen LogP) is 2.99. The monoisotopic (exact) mass is 463 g/mol. The minimum Gasteiger partial charge on any atom is -0.432 e. The summed E-state index contributed by atoms with van der Waals surface area (Å²) in [4.78, 5) is 11.0. The van der Waals surface area contributed by atoms with Gasteiger partial charge in [-0.05, 0) is 42.7 Å². The molecule has 0 spiro atoms. The SMILES string of the molecule is CC(C)CCNCc1cc(F)c(OC2=NI=C(C(N)=O)C=C2)c(F)c1. The number of ether oxygens (including phenoxy) is 1. The van der Waals surface area contributed by atoms with Gasteiger partial charge in [-0.25, -0.2) is 8.78 Å². The van der Waals surface area contributed by atoms with E-state index in [0.717, 1.165) is 13.0 Å². The zero-order valence-electron chi connectivity index (χ0n) is 14.0. The number of rotatable bonds is 7. The Kier molecular flexibility index (Phi) is 7.18. The summed E-state index contributed by atoms with van der Waals surface area (Å²) in [5.41, 5.74) is 5.66. The van der Waals surface area contributed by atoms with Crippen LogP contribution in [0.15, 0.2) is 27.5 Å². The molecule has 0 bridgehead atoms. The van der Waals surface area contributed by atoms with Crippen LogP contribution in [0.4, 0.5) is 8.78 Å². The molecule has 0 saturated heterocycles. The van der Waals surface area contributed by atoms with Gasteiger partial charge in [0.25, 0.3) is 5.91 Å². The van der Waals surface area contributed by atoms with Crippen LogP contribution in [0.25, 0.3) is 0 Å². The van der Waals surface area contributed by atoms with Gasteiger partial charge in [-0.3, -0.25) is 4.79 Å². The van der Waals surface area contributed by atoms with Gasteiger partial charge in [0.05, 0.1) is 3.51 Å². The zero-order valence-corrected chi connectivity index (χ0v) is 16.1. The molecule has 0 unspecified atom stereocenters. The second-order valence-electron chi connectivity index (χ2n) is 5.90. The molecule has 0 aromatic heterocycles. The van der Waals surface area contributed by atoms with Crippen molar-refractivity contribution in [1.82, 2.24) is 5.32 Å². The minimum atomic E-state index is -1.01. The highest BCUT2D eigenvalue weighted by molar-refractivity contribution is 14.2. The minimum absolute atomic E-state index is 0.0680. The molecule has 1 aliphatic heterocycles. The number of primary amides is 1. The topological polar surface area (TPSA) is 76.7 Å². The van der Waals surface area contributed by atoms with Crippen molar-refractivity contribution in [2.45, 2.75) is 26.8 Å². The van der Waals surface area contributed by atoms with Crippen molar-refractivity contribution in [2.75, 3.05) is 6.54 Å². The van der Waals surface area contributed by atoms with E-state index in [0.29, 0.717) is 21.5 Å². The van der Waals surface area contributed by atoms with Crippen LogP contribution in [0.3, 0.4) is 0 Å². The van der Waals surface area contributed by atoms with E-state index in [1.54, 1.807) is 0 Å². The summed E-state index contributed by atoms with van der Waals surface area (Å²) in [6, 6.07) is 2.48. The fourth-order valence-electron chi connectivity index (χ4n) is 2.00. The summed E-state index contributed by atoms with van der Waals surface area (Å²) in [7, 11) is 0. The first kappa shape index (κ1) is 19.6. The van der Waals surface area contributed by atoms with Gasteiger partial charge in [0.2, 0.25) is 11.6 Å². The lowest BCUT2D eigenvalue weighted by atomic mass is 10.1. The fourth-order valence-corrected chi connectivity index (χ4v) is 3.34. The van der Waals surface area contributed by atoms with Gasteiger partial charge in [-0.1, -0.05) is 13.8 Å². The molecule has 0 radical (unpaired) electrons. The first-order chi connectivity index (χ1) is 11.9. The Morgan fingerprint density at radius 3 is 2.52 bits per heavy atom. The van der Waals surface area contributed by atoms with Crippen LogP contribution in [-0.4, -0.2) is 21.9 Å². The summed E-state index contributed by atoms with van der Waals surface area (Å²) < 4.78 is 38.0. The third kappa shape index (κ3) is 5.96. The molecule has 3 N–H and O–H groups in total. The number of carbonyl (C=O) groups excluding carboxylic acids is 1. The summed E-state index contributed by atoms with van der Waals surface area (Å²) >= 11 is -1.01. The molecular formula is C17H20F2IN3O2. The maximum Gasteiger partial charge on any atom is 0.255 e. The number of benzene rings is 1. The Bertz CT molecular complexity index is 722. The van der Waals surface area contributed by atoms with Gasteiger partial charge in [-0.15, -0.1) is 0 Å². The average molecular weight is 463 g/mol. The number of hydrogen-bond donors (Lipinski definition) is 2. The van der Waals surface area contributed by atoms with Crippen molar-refractivity contribution in [3.8, 4) is 5.75 Å². The maximum absolute atomic E-state index is 14.2. The van der Waals surface area contributed by atoms with Crippen molar-refractivity contribution in [3.05, 3.63) is 41.5 Å². The number of nitrogens with one attached hydrogen (secondary N) is 1. The number of halogens is 3. The molecule has 1 aliphatic rings. The predicted molar refractivity (Wildman–Crippen MR) is 103 cm³/mol. The molecule has 0 fully saturated rings. The van der Waals surface area contributed by atoms with E-state index in [9.17, 15) is 13.6 Å². The van der Waals surface area contributed by atoms with Crippen molar-refractivity contribution < 1.29 is 18.3 Å². The third-order valence-corrected chi connectivity index (χ3v) is 5.44. The number of hydrogen-bond acceptors (Lipinski definition) is 4. The second-order valence-corrected chi connectivity index (χ2v) is 8.03. The Hall–Kier alpha value is -1.68. The van der Waals surface area contributed by atoms with E-state index >= 15 is 0 Å². The summed E-state index contributed by atoms with van der Waals surface area (Å²) in [6.07, 6.45) is 3.84. The van der Waals surface area contributed by atoms with Crippen LogP contribution < -0.4 is 15.8 Å². The van der Waals surface area contributed by atoms with Crippen LogP contribution in [0, 0.1) is 17.6 Å². The van der Waals surface area contributed by atoms with E-state index in [1.165, 1.54) is 24.3 Å². The van der Waals surface area contributed by atoms with Crippen LogP contribution in [0.2, 0.25) is 0 Å². The summed E-state index contributed by atoms with van der Waals surface area (Å²) in [5, 5.41) is 3.15. The number of amides is 1. The van der Waals surface area contributed by atoms with Gasteiger partial charge in [0.15, 0.2) is 11.6 Å². The van der Waals surface area contributed by atoms with Crippen LogP contribution in [0.5, 0.6) is 5.75 Å². The Balaban J connectivity index is 2.03. The summed E-state index contributed by atoms with van der Waals surface area (Å²) in [6.45, 7) is 5.39. The molecular weight excluding hydrogens is 443 g/mol. The number of nitrogens with zero attached hydrogens (tertiary/aromatic N) is 1. The molecule has 0 saturated carbocycles. The summed E-state index contributed by atoms with van der Waals surface area (Å²) in [5.74, 6) is -1.99. The molecule has 1 aromatic carbocycles. The standard InChI is InChI=1S/C17H20F2IN3O2/c1-10(2)5-6-22-9-11-7-12(18)16(13(19)8-11)25-15-4-3-14(17(21)24)20-23-15/h3-4,7-8,10,22H,5-6,9H2,1-2H3,(H2,21,24). The quantitative estimate of drug-likeness (QED) is 0.483. The van der Waals surface area contributed by atoms with Crippen molar-refractivity contribution in [1.29, 1.82) is 0 Å². The molecule has 136 valence electrons. The Morgan fingerprint density at radius 2 is 2.00 bits per heavy atom. The lowest BCUT2D eigenvalue weighted by molar-refractivity contribution is -0.111. The smallest absolute Gasteiger partial charge is 0.255 e. The van der Waals surface area contributed by atoms with E-state index in [4.69, 9.17) is 10.5 Å². The van der Waals surface area contributed by atoms with Gasteiger partial charge in [0, 0.05) is 33.6 Å². The largest absolute Gasteiger partial charge is 0.432 e. The molecule has 25 heavy (non-hydrogen) atoms. The Morgan fingerprint density at radius 1 is 1.32 bits per heavy atom. The van der Waals surface area contributed by atoms with E-state index in [-0.39, 0.29) is 5.90 Å². The van der Waals surface area contributed by atoms with Gasteiger partial charge < -0.3 is 15.8 Å². The maximum atomic E-state index is 14.2. The molecule has 1 aromatic rings. The zero-order chi connectivity index (χ0) is 18.4. The first-order valence-corrected chi connectivity index (χ1v) is 9.84. The second kappa shape index (κ2) is 9.14. The third-order valence-electron chi connectivity index (χ3n) is 3.32. The molecule has 1 heterocycles. The Labute approximate surface area is 155 Å². The van der Waals surface area contributed by atoms with E-state index in [1.807, 2.05) is 0 Å². The van der Waals surface area contributed by atoms with Crippen molar-refractivity contribution in [3.63, 3.8) is 0 Å². The molecule has 1 amide bonds. The van der Waals surface area contributed by atoms with E-state index < -0.39 is 44.3 Å².